The lowest BCUT2D eigenvalue weighted by molar-refractivity contribution is -0.509. The monoisotopic (exact) mass is 427 g/mol. The number of aromatic nitrogens is 2. The van der Waals surface area contributed by atoms with Gasteiger partial charge in [0.25, 0.3) is 5.65 Å². The molecule has 0 radical (unpaired) electrons. The van der Waals surface area contributed by atoms with E-state index in [9.17, 15) is 0 Å². The average Bonchev–Trinajstić information content (AvgIpc) is 3.27. The first-order chi connectivity index (χ1) is 16.3. The molecule has 0 bridgehead atoms. The van der Waals surface area contributed by atoms with Crippen LogP contribution in [0.4, 0.5) is 0 Å². The molecule has 0 aliphatic rings. The summed E-state index contributed by atoms with van der Waals surface area (Å²) in [6, 6.07) is 33.8. The molecule has 0 spiro atoms. The van der Waals surface area contributed by atoms with Gasteiger partial charge in [-0.25, -0.2) is 4.40 Å². The van der Waals surface area contributed by atoms with E-state index >= 15 is 0 Å². The Morgan fingerprint density at radius 3 is 2.24 bits per heavy atom. The van der Waals surface area contributed by atoms with Crippen molar-refractivity contribution in [1.82, 2.24) is 4.40 Å². The van der Waals surface area contributed by atoms with Crippen LogP contribution < -0.4 is 9.14 Å². The predicted octanol–water partition coefficient (Wildman–Crippen LogP) is 6.68. The zero-order chi connectivity index (χ0) is 22.2. The molecule has 3 heteroatoms. The summed E-state index contributed by atoms with van der Waals surface area (Å²) in [7, 11) is 1.70. The Bertz CT molecular complexity index is 1630. The first kappa shape index (κ1) is 19.3. The van der Waals surface area contributed by atoms with Crippen molar-refractivity contribution in [2.45, 2.75) is 0 Å². The SMILES string of the molecule is COc1ccc(-c2c(/C=C/c3ccccc3)c3ccccc3c3c[n+]4ccccc4n23)cc1. The largest absolute Gasteiger partial charge is 0.497 e. The van der Waals surface area contributed by atoms with Crippen LogP contribution in [0.3, 0.4) is 0 Å². The maximum absolute atomic E-state index is 5.43. The minimum Gasteiger partial charge on any atom is -0.497 e. The number of fused-ring (bicyclic) bond motifs is 5. The van der Waals surface area contributed by atoms with Crippen LogP contribution in [0.15, 0.2) is 109 Å². The number of nitrogens with zero attached hydrogens (tertiary/aromatic N) is 2. The van der Waals surface area contributed by atoms with Gasteiger partial charge < -0.3 is 4.74 Å². The van der Waals surface area contributed by atoms with E-state index in [1.165, 1.54) is 27.4 Å². The lowest BCUT2D eigenvalue weighted by Crippen LogP contribution is -2.17. The Morgan fingerprint density at radius 1 is 0.727 bits per heavy atom. The second kappa shape index (κ2) is 7.95. The highest BCUT2D eigenvalue weighted by Gasteiger charge is 2.23. The summed E-state index contributed by atoms with van der Waals surface area (Å²) in [6.45, 7) is 0. The lowest BCUT2D eigenvalue weighted by Gasteiger charge is -2.11. The average molecular weight is 428 g/mol. The first-order valence-corrected chi connectivity index (χ1v) is 11.1. The van der Waals surface area contributed by atoms with Crippen molar-refractivity contribution in [2.75, 3.05) is 7.11 Å². The van der Waals surface area contributed by atoms with Crippen molar-refractivity contribution in [2.24, 2.45) is 0 Å². The number of ether oxygens (including phenoxy) is 1. The Labute approximate surface area is 192 Å². The molecule has 0 aliphatic heterocycles. The number of hydrogen-bond donors (Lipinski definition) is 0. The van der Waals surface area contributed by atoms with Gasteiger partial charge in [-0.2, -0.15) is 4.40 Å². The van der Waals surface area contributed by atoms with Crippen LogP contribution in [-0.4, -0.2) is 11.5 Å². The molecular formula is C30H23N2O+. The molecule has 0 saturated carbocycles. The summed E-state index contributed by atoms with van der Waals surface area (Å²) >= 11 is 0. The topological polar surface area (TPSA) is 17.7 Å². The maximum Gasteiger partial charge on any atom is 0.291 e. The minimum absolute atomic E-state index is 0.851. The molecule has 3 aromatic carbocycles. The Balaban J connectivity index is 1.76. The smallest absolute Gasteiger partial charge is 0.291 e. The number of rotatable bonds is 4. The van der Waals surface area contributed by atoms with E-state index in [1.54, 1.807) is 7.11 Å². The van der Waals surface area contributed by atoms with Gasteiger partial charge >= 0.3 is 0 Å². The van der Waals surface area contributed by atoms with Gasteiger partial charge in [-0.3, -0.25) is 0 Å². The van der Waals surface area contributed by atoms with Crippen molar-refractivity contribution < 1.29 is 9.14 Å². The van der Waals surface area contributed by atoms with Gasteiger partial charge in [0.2, 0.25) is 0 Å². The van der Waals surface area contributed by atoms with E-state index in [1.807, 2.05) is 18.2 Å². The Hall–Kier alpha value is -4.37. The second-order valence-electron chi connectivity index (χ2n) is 8.10. The Morgan fingerprint density at radius 2 is 1.45 bits per heavy atom. The zero-order valence-corrected chi connectivity index (χ0v) is 18.3. The standard InChI is InChI=1S/C30H23N2O/c1-33-24-17-15-23(16-18-24)30-27(19-14-22-9-3-2-4-10-22)25-11-5-6-12-26(25)28-21-31-20-8-7-13-29(31)32(28)30/h2-21H,1H3/q+1/b19-14+. The van der Waals surface area contributed by atoms with E-state index in [2.05, 4.69) is 112 Å². The minimum atomic E-state index is 0.851. The van der Waals surface area contributed by atoms with Crippen molar-refractivity contribution in [1.29, 1.82) is 0 Å². The molecule has 0 N–H and O–H groups in total. The molecule has 3 heterocycles. The van der Waals surface area contributed by atoms with E-state index in [0.29, 0.717) is 0 Å². The lowest BCUT2D eigenvalue weighted by atomic mass is 9.97. The summed E-state index contributed by atoms with van der Waals surface area (Å²) in [5.41, 5.74) is 6.97. The molecule has 3 aromatic heterocycles. The highest BCUT2D eigenvalue weighted by atomic mass is 16.5. The zero-order valence-electron chi connectivity index (χ0n) is 18.3. The summed E-state index contributed by atoms with van der Waals surface area (Å²) in [5, 5.41) is 2.46. The van der Waals surface area contributed by atoms with Crippen LogP contribution in [0.1, 0.15) is 11.1 Å². The molecule has 0 atom stereocenters. The van der Waals surface area contributed by atoms with Crippen molar-refractivity contribution >= 4 is 34.1 Å². The fourth-order valence-electron chi connectivity index (χ4n) is 4.62. The highest BCUT2D eigenvalue weighted by molar-refractivity contribution is 6.06. The number of pyridine rings is 2. The molecule has 6 rings (SSSR count). The predicted molar refractivity (Wildman–Crippen MR) is 135 cm³/mol. The van der Waals surface area contributed by atoms with Gasteiger partial charge in [0, 0.05) is 22.6 Å². The van der Waals surface area contributed by atoms with Crippen LogP contribution in [0, 0.1) is 0 Å². The van der Waals surface area contributed by atoms with E-state index in [-0.39, 0.29) is 0 Å². The van der Waals surface area contributed by atoms with Crippen LogP contribution in [0.25, 0.3) is 45.3 Å². The summed E-state index contributed by atoms with van der Waals surface area (Å²) in [5.74, 6) is 0.851. The van der Waals surface area contributed by atoms with Crippen LogP contribution in [0.5, 0.6) is 5.75 Å². The van der Waals surface area contributed by atoms with Crippen molar-refractivity contribution in [3.63, 3.8) is 0 Å². The second-order valence-corrected chi connectivity index (χ2v) is 8.10. The van der Waals surface area contributed by atoms with Gasteiger partial charge in [-0.1, -0.05) is 60.7 Å². The summed E-state index contributed by atoms with van der Waals surface area (Å²) in [6.07, 6.45) is 8.76. The molecule has 3 nitrogen and oxygen atoms in total. The number of hydrogen-bond acceptors (Lipinski definition) is 1. The molecule has 0 unspecified atom stereocenters. The van der Waals surface area contributed by atoms with Gasteiger partial charge in [0.05, 0.1) is 13.3 Å². The van der Waals surface area contributed by atoms with Gasteiger partial charge in [-0.15, -0.1) is 0 Å². The van der Waals surface area contributed by atoms with Gasteiger partial charge in [-0.05, 0) is 53.4 Å². The van der Waals surface area contributed by atoms with E-state index in [4.69, 9.17) is 4.74 Å². The van der Waals surface area contributed by atoms with Crippen molar-refractivity contribution in [3.05, 3.63) is 121 Å². The number of benzene rings is 3. The van der Waals surface area contributed by atoms with Crippen molar-refractivity contribution in [3.8, 4) is 17.0 Å². The van der Waals surface area contributed by atoms with Crippen LogP contribution in [0.2, 0.25) is 0 Å². The fourth-order valence-corrected chi connectivity index (χ4v) is 4.62. The molecular weight excluding hydrogens is 404 g/mol. The molecule has 0 fully saturated rings. The maximum atomic E-state index is 5.43. The normalized spacial score (nSPS) is 11.7. The fraction of sp³-hybridized carbons (Fsp3) is 0.0333. The Kier molecular flexibility index (Phi) is 4.66. The molecule has 0 saturated heterocycles. The number of methoxy groups -OCH3 is 1. The van der Waals surface area contributed by atoms with Gasteiger partial charge in [0.1, 0.15) is 17.6 Å². The van der Waals surface area contributed by atoms with Gasteiger partial charge in [0.15, 0.2) is 5.52 Å². The third-order valence-electron chi connectivity index (χ3n) is 6.18. The molecule has 0 amide bonds. The number of imidazole rings is 1. The highest BCUT2D eigenvalue weighted by Crippen LogP contribution is 2.36. The summed E-state index contributed by atoms with van der Waals surface area (Å²) < 4.78 is 9.99. The first-order valence-electron chi connectivity index (χ1n) is 11.1. The quantitative estimate of drug-likeness (QED) is 0.287. The van der Waals surface area contributed by atoms with Crippen LogP contribution in [-0.2, 0) is 0 Å². The molecule has 6 aromatic rings. The molecule has 158 valence electrons. The van der Waals surface area contributed by atoms with E-state index in [0.717, 1.165) is 22.7 Å². The van der Waals surface area contributed by atoms with Crippen LogP contribution >= 0.6 is 0 Å². The third-order valence-corrected chi connectivity index (χ3v) is 6.18. The molecule has 33 heavy (non-hydrogen) atoms. The molecule has 0 aliphatic carbocycles. The third kappa shape index (κ3) is 3.26. The van der Waals surface area contributed by atoms with E-state index < -0.39 is 0 Å². The summed E-state index contributed by atoms with van der Waals surface area (Å²) in [4.78, 5) is 0.